The molecule has 4 rings (SSSR count). The number of rotatable bonds is 6. The third-order valence-electron chi connectivity index (χ3n) is 4.57. The van der Waals surface area contributed by atoms with Crippen LogP contribution in [0.15, 0.2) is 84.9 Å². The smallest absolute Gasteiger partial charge is 0.322 e. The van der Waals surface area contributed by atoms with Gasteiger partial charge in [-0.05, 0) is 29.8 Å². The number of H-pyrrole nitrogens is 1. The number of anilines is 1. The van der Waals surface area contributed by atoms with Crippen molar-refractivity contribution < 1.29 is 4.79 Å². The fraction of sp³-hybridized carbons (Fsp3) is 0.130. The molecule has 28 heavy (non-hydrogen) atoms. The predicted molar refractivity (Wildman–Crippen MR) is 112 cm³/mol. The maximum atomic E-state index is 12.9. The van der Waals surface area contributed by atoms with Crippen molar-refractivity contribution >= 4 is 22.8 Å². The normalized spacial score (nSPS) is 10.7. The topological polar surface area (TPSA) is 61.0 Å². The van der Waals surface area contributed by atoms with Crippen LogP contribution < -0.4 is 10.2 Å². The molecule has 0 saturated carbocycles. The minimum atomic E-state index is -0.119. The molecular formula is C23H22N4O. The van der Waals surface area contributed by atoms with Gasteiger partial charge in [-0.2, -0.15) is 0 Å². The van der Waals surface area contributed by atoms with Crippen molar-refractivity contribution in [1.29, 1.82) is 0 Å². The molecule has 1 heterocycles. The molecule has 0 aliphatic carbocycles. The zero-order valence-corrected chi connectivity index (χ0v) is 15.5. The Balaban J connectivity index is 1.43. The number of fused-ring (bicyclic) bond motifs is 1. The first-order chi connectivity index (χ1) is 13.8. The van der Waals surface area contributed by atoms with E-state index in [4.69, 9.17) is 0 Å². The minimum Gasteiger partial charge on any atom is -0.342 e. The second kappa shape index (κ2) is 8.39. The van der Waals surface area contributed by atoms with E-state index in [1.807, 2.05) is 84.9 Å². The van der Waals surface area contributed by atoms with Gasteiger partial charge in [0, 0.05) is 18.7 Å². The summed E-state index contributed by atoms with van der Waals surface area (Å²) >= 11 is 0. The summed E-state index contributed by atoms with van der Waals surface area (Å²) in [5.74, 6) is 0.871. The van der Waals surface area contributed by atoms with Gasteiger partial charge in [0.05, 0.1) is 17.6 Å². The fourth-order valence-corrected chi connectivity index (χ4v) is 3.16. The van der Waals surface area contributed by atoms with Crippen LogP contribution in [0.25, 0.3) is 11.0 Å². The predicted octanol–water partition coefficient (Wildman–Crippen LogP) is 4.52. The molecule has 4 aromatic rings. The van der Waals surface area contributed by atoms with Gasteiger partial charge >= 0.3 is 6.03 Å². The van der Waals surface area contributed by atoms with Crippen molar-refractivity contribution in [3.05, 3.63) is 96.3 Å². The van der Waals surface area contributed by atoms with Crippen LogP contribution in [0.5, 0.6) is 0 Å². The summed E-state index contributed by atoms with van der Waals surface area (Å²) in [5.41, 5.74) is 3.91. The van der Waals surface area contributed by atoms with Gasteiger partial charge in [-0.15, -0.1) is 0 Å². The first-order valence-electron chi connectivity index (χ1n) is 9.37. The van der Waals surface area contributed by atoms with Gasteiger partial charge < -0.3 is 10.3 Å². The summed E-state index contributed by atoms with van der Waals surface area (Å²) in [6.45, 7) is 1.03. The van der Waals surface area contributed by atoms with Crippen LogP contribution in [0.4, 0.5) is 10.5 Å². The zero-order valence-electron chi connectivity index (χ0n) is 15.5. The monoisotopic (exact) mass is 370 g/mol. The van der Waals surface area contributed by atoms with Gasteiger partial charge in [0.2, 0.25) is 0 Å². The van der Waals surface area contributed by atoms with E-state index in [1.165, 1.54) is 0 Å². The molecule has 3 aromatic carbocycles. The summed E-state index contributed by atoms with van der Waals surface area (Å²) in [4.78, 5) is 22.5. The largest absolute Gasteiger partial charge is 0.342 e. The first-order valence-corrected chi connectivity index (χ1v) is 9.37. The Morgan fingerprint density at radius 2 is 1.57 bits per heavy atom. The Hall–Kier alpha value is -3.60. The van der Waals surface area contributed by atoms with Gasteiger partial charge in [-0.1, -0.05) is 60.7 Å². The number of amides is 2. The minimum absolute atomic E-state index is 0.119. The van der Waals surface area contributed by atoms with Crippen LogP contribution in [0, 0.1) is 0 Å². The van der Waals surface area contributed by atoms with Crippen LogP contribution in [0.1, 0.15) is 11.4 Å². The summed E-state index contributed by atoms with van der Waals surface area (Å²) in [5, 5.41) is 3.02. The lowest BCUT2D eigenvalue weighted by atomic mass is 10.2. The molecule has 0 atom stereocenters. The SMILES string of the molecule is O=C(NCCc1nc2ccccc2[nH]1)N(Cc1ccccc1)c1ccccc1. The van der Waals surface area contributed by atoms with Crippen LogP contribution in [0.3, 0.4) is 0 Å². The van der Waals surface area contributed by atoms with Gasteiger partial charge in [0.15, 0.2) is 0 Å². The van der Waals surface area contributed by atoms with Gasteiger partial charge in [0.25, 0.3) is 0 Å². The van der Waals surface area contributed by atoms with Crippen LogP contribution in [0.2, 0.25) is 0 Å². The molecule has 0 aliphatic rings. The van der Waals surface area contributed by atoms with Crippen LogP contribution >= 0.6 is 0 Å². The molecule has 0 fully saturated rings. The Labute approximate surface area is 164 Å². The molecule has 140 valence electrons. The molecule has 0 saturated heterocycles. The van der Waals surface area contributed by atoms with E-state index in [2.05, 4.69) is 15.3 Å². The highest BCUT2D eigenvalue weighted by Gasteiger charge is 2.16. The third-order valence-corrected chi connectivity index (χ3v) is 4.57. The maximum Gasteiger partial charge on any atom is 0.322 e. The van der Waals surface area contributed by atoms with E-state index < -0.39 is 0 Å². The second-order valence-corrected chi connectivity index (χ2v) is 6.59. The molecule has 1 aromatic heterocycles. The van der Waals surface area contributed by atoms with Crippen molar-refractivity contribution in [2.24, 2.45) is 0 Å². The number of hydrogen-bond donors (Lipinski definition) is 2. The Bertz CT molecular complexity index is 1010. The highest BCUT2D eigenvalue weighted by atomic mass is 16.2. The van der Waals surface area contributed by atoms with E-state index in [1.54, 1.807) is 4.90 Å². The average Bonchev–Trinajstić information content (AvgIpc) is 3.16. The Kier molecular flexibility index (Phi) is 5.33. The molecule has 0 radical (unpaired) electrons. The Morgan fingerprint density at radius 3 is 2.32 bits per heavy atom. The molecule has 5 heteroatoms. The average molecular weight is 370 g/mol. The lowest BCUT2D eigenvalue weighted by Gasteiger charge is -2.23. The molecule has 2 amide bonds. The van der Waals surface area contributed by atoms with E-state index in [9.17, 15) is 4.79 Å². The number of carbonyl (C=O) groups excluding carboxylic acids is 1. The molecule has 0 aliphatic heterocycles. The molecule has 0 bridgehead atoms. The van der Waals surface area contributed by atoms with Gasteiger partial charge in [0.1, 0.15) is 5.82 Å². The van der Waals surface area contributed by atoms with E-state index in [0.717, 1.165) is 28.1 Å². The number of aromatic amines is 1. The number of carbonyl (C=O) groups is 1. The summed E-state index contributed by atoms with van der Waals surface area (Å²) in [7, 11) is 0. The fourth-order valence-electron chi connectivity index (χ4n) is 3.16. The van der Waals surface area contributed by atoms with Crippen LogP contribution in [-0.4, -0.2) is 22.5 Å². The van der Waals surface area contributed by atoms with Crippen molar-refractivity contribution in [1.82, 2.24) is 15.3 Å². The summed E-state index contributed by atoms with van der Waals surface area (Å²) < 4.78 is 0. The number of hydrogen-bond acceptors (Lipinski definition) is 2. The van der Waals surface area contributed by atoms with Crippen molar-refractivity contribution in [3.8, 4) is 0 Å². The standard InChI is InChI=1S/C23H22N4O/c28-23(24-16-15-22-25-20-13-7-8-14-21(20)26-22)27(19-11-5-2-6-12-19)17-18-9-3-1-4-10-18/h1-14H,15-17H2,(H,24,28)(H,25,26). The summed E-state index contributed by atoms with van der Waals surface area (Å²) in [6, 6.07) is 27.5. The number of aromatic nitrogens is 2. The lowest BCUT2D eigenvalue weighted by molar-refractivity contribution is 0.246. The van der Waals surface area contributed by atoms with Crippen molar-refractivity contribution in [2.75, 3.05) is 11.4 Å². The highest BCUT2D eigenvalue weighted by Crippen LogP contribution is 2.17. The quantitative estimate of drug-likeness (QED) is 0.524. The zero-order chi connectivity index (χ0) is 19.2. The van der Waals surface area contributed by atoms with E-state index in [-0.39, 0.29) is 6.03 Å². The summed E-state index contributed by atoms with van der Waals surface area (Å²) in [6.07, 6.45) is 0.647. The lowest BCUT2D eigenvalue weighted by Crippen LogP contribution is -2.40. The van der Waals surface area contributed by atoms with Crippen LogP contribution in [-0.2, 0) is 13.0 Å². The molecular weight excluding hydrogens is 348 g/mol. The molecule has 2 N–H and O–H groups in total. The molecule has 0 spiro atoms. The number of urea groups is 1. The van der Waals surface area contributed by atoms with Gasteiger partial charge in [-0.3, -0.25) is 4.90 Å². The second-order valence-electron chi connectivity index (χ2n) is 6.59. The number of imidazole rings is 1. The van der Waals surface area contributed by atoms with E-state index >= 15 is 0 Å². The van der Waals surface area contributed by atoms with E-state index in [0.29, 0.717) is 19.5 Å². The first kappa shape index (κ1) is 17.8. The third kappa shape index (κ3) is 4.20. The van der Waals surface area contributed by atoms with Crippen molar-refractivity contribution in [2.45, 2.75) is 13.0 Å². The number of benzene rings is 3. The molecule has 5 nitrogen and oxygen atoms in total. The molecule has 0 unspecified atom stereocenters. The number of para-hydroxylation sites is 3. The van der Waals surface area contributed by atoms with Crippen molar-refractivity contribution in [3.63, 3.8) is 0 Å². The Morgan fingerprint density at radius 1 is 0.893 bits per heavy atom. The highest BCUT2D eigenvalue weighted by molar-refractivity contribution is 5.91. The number of nitrogens with zero attached hydrogens (tertiary/aromatic N) is 2. The number of nitrogens with one attached hydrogen (secondary N) is 2. The van der Waals surface area contributed by atoms with Gasteiger partial charge in [-0.25, -0.2) is 9.78 Å². The maximum absolute atomic E-state index is 12.9.